The lowest BCUT2D eigenvalue weighted by Crippen LogP contribution is -2.36. The van der Waals surface area contributed by atoms with Crippen LogP contribution in [0.3, 0.4) is 0 Å². The molecular formula is C16H25NO. The Morgan fingerprint density at radius 2 is 1.78 bits per heavy atom. The molecule has 18 heavy (non-hydrogen) atoms. The number of hydrogen-bond donors (Lipinski definition) is 1. The summed E-state index contributed by atoms with van der Waals surface area (Å²) in [6.07, 6.45) is 0. The van der Waals surface area contributed by atoms with Gasteiger partial charge in [0.25, 0.3) is 0 Å². The summed E-state index contributed by atoms with van der Waals surface area (Å²) < 4.78 is 0. The van der Waals surface area contributed by atoms with E-state index in [1.807, 2.05) is 0 Å². The number of nitrogens with one attached hydrogen (secondary N) is 1. The number of Topliss-reactive ketones (excluding diaryl/α,β-unsaturated/α-hetero) is 1. The monoisotopic (exact) mass is 247 g/mol. The van der Waals surface area contributed by atoms with E-state index in [0.29, 0.717) is 6.54 Å². The summed E-state index contributed by atoms with van der Waals surface area (Å²) >= 11 is 0. The Balaban J connectivity index is 2.91. The van der Waals surface area contributed by atoms with Crippen LogP contribution in [0.15, 0.2) is 12.1 Å². The van der Waals surface area contributed by atoms with Gasteiger partial charge >= 0.3 is 0 Å². The lowest BCUT2D eigenvalue weighted by molar-refractivity contribution is -0.116. The van der Waals surface area contributed by atoms with Gasteiger partial charge in [0, 0.05) is 12.0 Å². The first-order valence-electron chi connectivity index (χ1n) is 6.53. The highest BCUT2D eigenvalue weighted by Crippen LogP contribution is 2.28. The van der Waals surface area contributed by atoms with Gasteiger partial charge in [0.15, 0.2) is 0 Å². The second-order valence-electron chi connectivity index (χ2n) is 5.87. The van der Waals surface area contributed by atoms with Crippen LogP contribution in [0.2, 0.25) is 0 Å². The minimum Gasteiger partial charge on any atom is -0.309 e. The van der Waals surface area contributed by atoms with Crippen LogP contribution >= 0.6 is 0 Å². The fourth-order valence-corrected chi connectivity index (χ4v) is 2.34. The molecule has 0 fully saturated rings. The minimum absolute atomic E-state index is 0.0397. The lowest BCUT2D eigenvalue weighted by Gasteiger charge is -2.28. The maximum atomic E-state index is 11.0. The van der Waals surface area contributed by atoms with Crippen molar-refractivity contribution in [2.45, 2.75) is 47.0 Å². The first kappa shape index (κ1) is 14.9. The van der Waals surface area contributed by atoms with E-state index >= 15 is 0 Å². The number of ketones is 1. The zero-order chi connectivity index (χ0) is 13.9. The van der Waals surface area contributed by atoms with Crippen molar-refractivity contribution in [2.24, 2.45) is 0 Å². The van der Waals surface area contributed by atoms with E-state index in [4.69, 9.17) is 0 Å². The third kappa shape index (κ3) is 3.42. The molecule has 0 radical (unpaired) electrons. The Kier molecular flexibility index (Phi) is 4.69. The number of rotatable bonds is 5. The Bertz CT molecular complexity index is 447. The molecule has 0 saturated carbocycles. The number of carbonyl (C=O) groups is 1. The Hall–Kier alpha value is -1.15. The van der Waals surface area contributed by atoms with Gasteiger partial charge in [-0.1, -0.05) is 26.0 Å². The SMILES string of the molecule is CC(=O)CNCC(C)(C)c1ccc(C)c(C)c1C. The average molecular weight is 247 g/mol. The van der Waals surface area contributed by atoms with Gasteiger partial charge in [-0.25, -0.2) is 0 Å². The average Bonchev–Trinajstić information content (AvgIpc) is 2.24. The molecule has 0 aliphatic heterocycles. The Morgan fingerprint density at radius 3 is 2.33 bits per heavy atom. The molecule has 1 aromatic carbocycles. The molecule has 2 heteroatoms. The molecule has 1 rings (SSSR count). The van der Waals surface area contributed by atoms with Crippen molar-refractivity contribution in [3.05, 3.63) is 34.4 Å². The molecule has 0 aliphatic carbocycles. The number of carbonyl (C=O) groups excluding carboxylic acids is 1. The van der Waals surface area contributed by atoms with Crippen LogP contribution < -0.4 is 5.32 Å². The van der Waals surface area contributed by atoms with E-state index in [1.54, 1.807) is 6.92 Å². The summed E-state index contributed by atoms with van der Waals surface area (Å²) in [7, 11) is 0. The van der Waals surface area contributed by atoms with Gasteiger partial charge in [0.1, 0.15) is 5.78 Å². The third-order valence-electron chi connectivity index (χ3n) is 3.73. The van der Waals surface area contributed by atoms with Crippen LogP contribution in [-0.4, -0.2) is 18.9 Å². The fourth-order valence-electron chi connectivity index (χ4n) is 2.34. The number of benzene rings is 1. The van der Waals surface area contributed by atoms with Crippen molar-refractivity contribution < 1.29 is 4.79 Å². The Labute approximate surface area is 111 Å². The first-order chi connectivity index (χ1) is 8.25. The van der Waals surface area contributed by atoms with Crippen LogP contribution in [0.1, 0.15) is 43.0 Å². The van der Waals surface area contributed by atoms with Gasteiger partial charge in [0.2, 0.25) is 0 Å². The normalized spacial score (nSPS) is 11.7. The summed E-state index contributed by atoms with van der Waals surface area (Å²) in [5.41, 5.74) is 5.47. The molecule has 0 aromatic heterocycles. The van der Waals surface area contributed by atoms with Crippen LogP contribution in [0.25, 0.3) is 0 Å². The number of aryl methyl sites for hydroxylation is 1. The maximum absolute atomic E-state index is 11.0. The minimum atomic E-state index is 0.0397. The topological polar surface area (TPSA) is 29.1 Å². The van der Waals surface area contributed by atoms with Crippen LogP contribution in [0.5, 0.6) is 0 Å². The van der Waals surface area contributed by atoms with E-state index in [2.05, 4.69) is 52.1 Å². The van der Waals surface area contributed by atoms with E-state index in [0.717, 1.165) is 6.54 Å². The van der Waals surface area contributed by atoms with Gasteiger partial charge in [-0.15, -0.1) is 0 Å². The summed E-state index contributed by atoms with van der Waals surface area (Å²) in [4.78, 5) is 11.0. The van der Waals surface area contributed by atoms with Crippen LogP contribution in [-0.2, 0) is 10.2 Å². The van der Waals surface area contributed by atoms with E-state index < -0.39 is 0 Å². The standard InChI is InChI=1S/C16H25NO/c1-11-7-8-15(14(4)13(11)3)16(5,6)10-17-9-12(2)18/h7-8,17H,9-10H2,1-6H3. The Morgan fingerprint density at radius 1 is 1.17 bits per heavy atom. The van der Waals surface area contributed by atoms with Crippen molar-refractivity contribution >= 4 is 5.78 Å². The molecule has 0 amide bonds. The highest BCUT2D eigenvalue weighted by atomic mass is 16.1. The smallest absolute Gasteiger partial charge is 0.143 e. The molecular weight excluding hydrogens is 222 g/mol. The molecule has 1 aromatic rings. The van der Waals surface area contributed by atoms with Crippen LogP contribution in [0.4, 0.5) is 0 Å². The van der Waals surface area contributed by atoms with Crippen molar-refractivity contribution in [1.29, 1.82) is 0 Å². The molecule has 0 unspecified atom stereocenters. The number of hydrogen-bond acceptors (Lipinski definition) is 2. The van der Waals surface area contributed by atoms with Gasteiger partial charge in [0.05, 0.1) is 6.54 Å². The molecule has 100 valence electrons. The van der Waals surface area contributed by atoms with Crippen LogP contribution in [0, 0.1) is 20.8 Å². The maximum Gasteiger partial charge on any atom is 0.143 e. The quantitative estimate of drug-likeness (QED) is 0.866. The second kappa shape index (κ2) is 5.66. The summed E-state index contributed by atoms with van der Waals surface area (Å²) in [5.74, 6) is 0.183. The predicted octanol–water partition coefficient (Wildman–Crippen LogP) is 3.07. The summed E-state index contributed by atoms with van der Waals surface area (Å²) in [5, 5.41) is 3.24. The van der Waals surface area contributed by atoms with Crippen molar-refractivity contribution in [3.63, 3.8) is 0 Å². The zero-order valence-corrected chi connectivity index (χ0v) is 12.5. The summed E-state index contributed by atoms with van der Waals surface area (Å²) in [6.45, 7) is 13.8. The molecule has 0 spiro atoms. The van der Waals surface area contributed by atoms with Gasteiger partial charge in [-0.05, 0) is 49.9 Å². The molecule has 0 bridgehead atoms. The zero-order valence-electron chi connectivity index (χ0n) is 12.5. The largest absolute Gasteiger partial charge is 0.309 e. The van der Waals surface area contributed by atoms with E-state index in [9.17, 15) is 4.79 Å². The predicted molar refractivity (Wildman–Crippen MR) is 77.2 cm³/mol. The van der Waals surface area contributed by atoms with Crippen molar-refractivity contribution in [2.75, 3.05) is 13.1 Å². The molecule has 0 aliphatic rings. The van der Waals surface area contributed by atoms with Crippen molar-refractivity contribution in [3.8, 4) is 0 Å². The van der Waals surface area contributed by atoms with E-state index in [-0.39, 0.29) is 11.2 Å². The summed E-state index contributed by atoms with van der Waals surface area (Å²) in [6, 6.07) is 4.40. The van der Waals surface area contributed by atoms with E-state index in [1.165, 1.54) is 22.3 Å². The molecule has 0 atom stereocenters. The second-order valence-corrected chi connectivity index (χ2v) is 5.87. The fraction of sp³-hybridized carbons (Fsp3) is 0.562. The van der Waals surface area contributed by atoms with Gasteiger partial charge < -0.3 is 5.32 Å². The molecule has 0 heterocycles. The molecule has 0 saturated heterocycles. The molecule has 1 N–H and O–H groups in total. The highest BCUT2D eigenvalue weighted by Gasteiger charge is 2.23. The van der Waals surface area contributed by atoms with Gasteiger partial charge in [-0.2, -0.15) is 0 Å². The third-order valence-corrected chi connectivity index (χ3v) is 3.73. The van der Waals surface area contributed by atoms with Crippen molar-refractivity contribution in [1.82, 2.24) is 5.32 Å². The molecule has 2 nitrogen and oxygen atoms in total. The van der Waals surface area contributed by atoms with Gasteiger partial charge in [-0.3, -0.25) is 4.79 Å². The first-order valence-corrected chi connectivity index (χ1v) is 6.53. The lowest BCUT2D eigenvalue weighted by atomic mass is 9.80. The highest BCUT2D eigenvalue weighted by molar-refractivity contribution is 5.77.